The zero-order chi connectivity index (χ0) is 22.3. The van der Waals surface area contributed by atoms with Crippen molar-refractivity contribution in [1.29, 1.82) is 0 Å². The fourth-order valence-corrected chi connectivity index (χ4v) is 2.92. The highest BCUT2D eigenvalue weighted by Gasteiger charge is 2.27. The second kappa shape index (κ2) is 10.1. The predicted octanol–water partition coefficient (Wildman–Crippen LogP) is 2.30. The Bertz CT molecular complexity index is 897. The number of anilines is 1. The van der Waals surface area contributed by atoms with Crippen molar-refractivity contribution in [1.82, 2.24) is 15.6 Å². The number of halogens is 3. The number of benzene rings is 1. The summed E-state index contributed by atoms with van der Waals surface area (Å²) in [6.07, 6.45) is 2.14. The van der Waals surface area contributed by atoms with Crippen LogP contribution >= 0.6 is 0 Å². The van der Waals surface area contributed by atoms with Crippen LogP contribution in [0.2, 0.25) is 0 Å². The minimum atomic E-state index is -3.19. The van der Waals surface area contributed by atoms with Gasteiger partial charge in [0.1, 0.15) is 5.82 Å². The normalized spacial score (nSPS) is 19.3. The molecule has 11 heteroatoms. The number of hydrogen-bond donors (Lipinski definition) is 3. The smallest absolute Gasteiger partial charge is 0.291 e. The summed E-state index contributed by atoms with van der Waals surface area (Å²) in [7, 11) is 0. The van der Waals surface area contributed by atoms with E-state index >= 15 is 0 Å². The molecule has 0 saturated carbocycles. The maximum absolute atomic E-state index is 14.0. The van der Waals surface area contributed by atoms with Gasteiger partial charge in [0.2, 0.25) is 12.2 Å². The standard InChI is InChI=1S/C20H23F3N6O2/c1-2-20(22,23)14-4-3-5-15(12-14)26-17(30)6-7-25-28-19-24-13-16(21)18(27-19)29-8-10-31-11-9-29/h2-5,7,12-13,19,27-28H,1,6,8-11H2,(H,26,30)/b25-7+. The topological polar surface area (TPSA) is 90.3 Å². The van der Waals surface area contributed by atoms with Crippen molar-refractivity contribution in [2.24, 2.45) is 10.1 Å². The quantitative estimate of drug-likeness (QED) is 0.331. The van der Waals surface area contributed by atoms with Gasteiger partial charge in [0, 0.05) is 30.6 Å². The number of alkyl halides is 2. The van der Waals surface area contributed by atoms with Gasteiger partial charge in [0.15, 0.2) is 5.83 Å². The van der Waals surface area contributed by atoms with Gasteiger partial charge in [-0.2, -0.15) is 13.9 Å². The number of nitrogens with zero attached hydrogens (tertiary/aromatic N) is 3. The van der Waals surface area contributed by atoms with E-state index in [1.165, 1.54) is 30.5 Å². The van der Waals surface area contributed by atoms with E-state index in [1.54, 1.807) is 0 Å². The van der Waals surface area contributed by atoms with Crippen molar-refractivity contribution in [3.63, 3.8) is 0 Å². The lowest BCUT2D eigenvalue weighted by molar-refractivity contribution is -0.115. The average Bonchev–Trinajstić information content (AvgIpc) is 2.78. The Labute approximate surface area is 177 Å². The van der Waals surface area contributed by atoms with Gasteiger partial charge in [-0.3, -0.25) is 10.2 Å². The zero-order valence-corrected chi connectivity index (χ0v) is 16.7. The number of aliphatic imine (C=N–C) groups is 1. The lowest BCUT2D eigenvalue weighted by atomic mass is 10.1. The van der Waals surface area contributed by atoms with Crippen LogP contribution in [0.1, 0.15) is 12.0 Å². The largest absolute Gasteiger partial charge is 0.378 e. The fraction of sp³-hybridized carbons (Fsp3) is 0.350. The van der Waals surface area contributed by atoms with Gasteiger partial charge in [0.05, 0.1) is 25.8 Å². The van der Waals surface area contributed by atoms with E-state index < -0.39 is 23.9 Å². The lowest BCUT2D eigenvalue weighted by Gasteiger charge is -2.34. The Morgan fingerprint density at radius 3 is 2.94 bits per heavy atom. The van der Waals surface area contributed by atoms with Crippen molar-refractivity contribution in [2.45, 2.75) is 18.6 Å². The molecule has 2 aliphatic heterocycles. The van der Waals surface area contributed by atoms with Gasteiger partial charge in [-0.15, -0.1) is 0 Å². The average molecular weight is 436 g/mol. The molecule has 1 aromatic rings. The van der Waals surface area contributed by atoms with Gasteiger partial charge in [-0.25, -0.2) is 9.38 Å². The van der Waals surface area contributed by atoms with Gasteiger partial charge >= 0.3 is 0 Å². The molecule has 1 saturated heterocycles. The maximum Gasteiger partial charge on any atom is 0.291 e. The van der Waals surface area contributed by atoms with Gasteiger partial charge in [-0.1, -0.05) is 18.7 Å². The molecule has 8 nitrogen and oxygen atoms in total. The molecule has 3 N–H and O–H groups in total. The highest BCUT2D eigenvalue weighted by Crippen LogP contribution is 2.30. The van der Waals surface area contributed by atoms with E-state index in [1.807, 2.05) is 4.90 Å². The van der Waals surface area contributed by atoms with Crippen LogP contribution in [0.25, 0.3) is 0 Å². The van der Waals surface area contributed by atoms with Crippen LogP contribution in [0.4, 0.5) is 18.9 Å². The number of hydrogen-bond acceptors (Lipinski definition) is 7. The summed E-state index contributed by atoms with van der Waals surface area (Å²) in [6, 6.07) is 5.36. The second-order valence-electron chi connectivity index (χ2n) is 6.72. The minimum Gasteiger partial charge on any atom is -0.378 e. The molecule has 1 aromatic carbocycles. The predicted molar refractivity (Wildman–Crippen MR) is 111 cm³/mol. The van der Waals surface area contributed by atoms with Gasteiger partial charge in [-0.05, 0) is 18.2 Å². The van der Waals surface area contributed by atoms with Crippen LogP contribution in [0.3, 0.4) is 0 Å². The third-order valence-corrected chi connectivity index (χ3v) is 4.52. The third-order valence-electron chi connectivity index (χ3n) is 4.52. The molecule has 166 valence electrons. The van der Waals surface area contributed by atoms with Crippen molar-refractivity contribution in [3.05, 3.63) is 54.1 Å². The third kappa shape index (κ3) is 6.07. The van der Waals surface area contributed by atoms with E-state index in [0.717, 1.165) is 6.21 Å². The molecule has 0 bridgehead atoms. The Hall–Kier alpha value is -3.34. The van der Waals surface area contributed by atoms with E-state index in [4.69, 9.17) is 4.74 Å². The maximum atomic E-state index is 14.0. The molecular formula is C20H23F3N6O2. The molecule has 1 fully saturated rings. The summed E-state index contributed by atoms with van der Waals surface area (Å²) in [5.74, 6) is -3.80. The number of amides is 1. The summed E-state index contributed by atoms with van der Waals surface area (Å²) in [5, 5.41) is 9.34. The Morgan fingerprint density at radius 2 is 2.19 bits per heavy atom. The lowest BCUT2D eigenvalue weighted by Crippen LogP contribution is -2.48. The first-order valence-electron chi connectivity index (χ1n) is 9.60. The van der Waals surface area contributed by atoms with Gasteiger partial charge in [0.25, 0.3) is 5.92 Å². The number of rotatable bonds is 8. The summed E-state index contributed by atoms with van der Waals surface area (Å²) in [4.78, 5) is 17.8. The van der Waals surface area contributed by atoms with E-state index in [2.05, 4.69) is 32.7 Å². The van der Waals surface area contributed by atoms with Crippen LogP contribution in [0, 0.1) is 0 Å². The van der Waals surface area contributed by atoms with Crippen molar-refractivity contribution in [2.75, 3.05) is 31.6 Å². The van der Waals surface area contributed by atoms with E-state index in [-0.39, 0.29) is 17.7 Å². The van der Waals surface area contributed by atoms with E-state index in [9.17, 15) is 18.0 Å². The van der Waals surface area contributed by atoms with Crippen molar-refractivity contribution in [3.8, 4) is 0 Å². The summed E-state index contributed by atoms with van der Waals surface area (Å²) < 4.78 is 46.7. The Kier molecular flexibility index (Phi) is 7.29. The SMILES string of the molecule is C=CC(F)(F)c1cccc(NC(=O)C/C=N/NC2N=CC(F)=C(N3CCOCC3)N2)c1. The second-order valence-corrected chi connectivity index (χ2v) is 6.72. The Morgan fingerprint density at radius 1 is 1.42 bits per heavy atom. The number of nitrogens with one attached hydrogen (secondary N) is 3. The summed E-state index contributed by atoms with van der Waals surface area (Å²) in [5.41, 5.74) is 2.64. The molecule has 0 radical (unpaired) electrons. The highest BCUT2D eigenvalue weighted by molar-refractivity contribution is 5.99. The highest BCUT2D eigenvalue weighted by atomic mass is 19.3. The van der Waals surface area contributed by atoms with Crippen LogP contribution in [-0.4, -0.2) is 55.8 Å². The van der Waals surface area contributed by atoms with Crippen LogP contribution in [-0.2, 0) is 15.5 Å². The molecule has 31 heavy (non-hydrogen) atoms. The molecule has 0 spiro atoms. The number of hydrazone groups is 1. The molecule has 1 atom stereocenters. The van der Waals surface area contributed by atoms with E-state index in [0.29, 0.717) is 38.2 Å². The van der Waals surface area contributed by atoms with Crippen LogP contribution in [0.15, 0.2) is 58.7 Å². The number of allylic oxidation sites excluding steroid dienone is 2. The molecular weight excluding hydrogens is 413 g/mol. The molecule has 2 aliphatic rings. The monoisotopic (exact) mass is 436 g/mol. The molecule has 3 rings (SSSR count). The molecule has 0 aromatic heterocycles. The molecule has 2 heterocycles. The fourth-order valence-electron chi connectivity index (χ4n) is 2.92. The number of carbonyl (C=O) groups excluding carboxylic acids is 1. The van der Waals surface area contributed by atoms with Crippen molar-refractivity contribution < 1.29 is 22.7 Å². The Balaban J connectivity index is 1.47. The molecule has 0 aliphatic carbocycles. The first-order chi connectivity index (χ1) is 14.9. The number of morpholine rings is 1. The summed E-state index contributed by atoms with van der Waals surface area (Å²) in [6.45, 7) is 5.24. The number of ether oxygens (including phenoxy) is 1. The van der Waals surface area contributed by atoms with Crippen LogP contribution < -0.4 is 16.1 Å². The minimum absolute atomic E-state index is 0.105. The van der Waals surface area contributed by atoms with Crippen molar-refractivity contribution >= 4 is 24.0 Å². The first kappa shape index (κ1) is 22.3. The zero-order valence-electron chi connectivity index (χ0n) is 16.7. The van der Waals surface area contributed by atoms with Crippen LogP contribution in [0.5, 0.6) is 0 Å². The number of carbonyl (C=O) groups is 1. The van der Waals surface area contributed by atoms with Gasteiger partial charge < -0.3 is 20.3 Å². The molecule has 1 amide bonds. The molecule has 1 unspecified atom stereocenters. The first-order valence-corrected chi connectivity index (χ1v) is 9.60. The summed E-state index contributed by atoms with van der Waals surface area (Å²) >= 11 is 0.